The van der Waals surface area contributed by atoms with Gasteiger partial charge in [0.2, 0.25) is 0 Å². The van der Waals surface area contributed by atoms with Gasteiger partial charge in [0, 0.05) is 6.54 Å². The Hall–Kier alpha value is -1.56. The van der Waals surface area contributed by atoms with Crippen LogP contribution in [0.5, 0.6) is 0 Å². The van der Waals surface area contributed by atoms with Crippen LogP contribution in [0, 0.1) is 0 Å². The Bertz CT molecular complexity index is 450. The summed E-state index contributed by atoms with van der Waals surface area (Å²) in [6.45, 7) is 0.328. The van der Waals surface area contributed by atoms with Crippen LogP contribution in [0.15, 0.2) is 40.2 Å². The predicted molar refractivity (Wildman–Crippen MR) is 63.8 cm³/mol. The maximum atomic E-state index is 11.8. The fourth-order valence-corrected chi connectivity index (χ4v) is 2.53. The number of aliphatic imine (C=N–C) groups is 1. The molecule has 0 aliphatic rings. The van der Waals surface area contributed by atoms with Crippen LogP contribution in [-0.2, 0) is 9.84 Å². The summed E-state index contributed by atoms with van der Waals surface area (Å²) in [5.41, 5.74) is 10.3. The SMILES string of the molecule is NC(N)=NCCCS(=O)(=O)c1ccccc1. The molecule has 0 saturated heterocycles. The molecule has 6 heteroatoms. The van der Waals surface area contributed by atoms with Crippen LogP contribution in [0.4, 0.5) is 0 Å². The summed E-state index contributed by atoms with van der Waals surface area (Å²) < 4.78 is 23.5. The standard InChI is InChI=1S/C10H15N3O2S/c11-10(12)13-7-4-8-16(14,15)9-5-2-1-3-6-9/h1-3,5-6H,4,7-8H2,(H4,11,12,13). The molecule has 0 saturated carbocycles. The summed E-state index contributed by atoms with van der Waals surface area (Å²) in [6, 6.07) is 8.33. The van der Waals surface area contributed by atoms with Crippen molar-refractivity contribution in [3.63, 3.8) is 0 Å². The van der Waals surface area contributed by atoms with Crippen LogP contribution >= 0.6 is 0 Å². The maximum Gasteiger partial charge on any atom is 0.185 e. The van der Waals surface area contributed by atoms with Crippen LogP contribution in [0.2, 0.25) is 0 Å². The number of benzene rings is 1. The molecule has 0 spiro atoms. The summed E-state index contributed by atoms with van der Waals surface area (Å²) >= 11 is 0. The molecule has 16 heavy (non-hydrogen) atoms. The van der Waals surface area contributed by atoms with E-state index in [2.05, 4.69) is 4.99 Å². The minimum Gasteiger partial charge on any atom is -0.370 e. The van der Waals surface area contributed by atoms with E-state index >= 15 is 0 Å². The second-order valence-electron chi connectivity index (χ2n) is 3.29. The molecule has 0 amide bonds. The molecule has 4 N–H and O–H groups in total. The van der Waals surface area contributed by atoms with E-state index in [0.29, 0.717) is 17.9 Å². The van der Waals surface area contributed by atoms with Gasteiger partial charge in [-0.1, -0.05) is 18.2 Å². The fourth-order valence-electron chi connectivity index (χ4n) is 1.21. The van der Waals surface area contributed by atoms with Gasteiger partial charge in [-0.05, 0) is 18.6 Å². The van der Waals surface area contributed by atoms with Crippen LogP contribution < -0.4 is 11.5 Å². The van der Waals surface area contributed by atoms with Crippen molar-refractivity contribution in [3.05, 3.63) is 30.3 Å². The topological polar surface area (TPSA) is 98.5 Å². The molecule has 0 aliphatic carbocycles. The summed E-state index contributed by atoms with van der Waals surface area (Å²) in [5, 5.41) is 0. The minimum atomic E-state index is -3.21. The molecule has 5 nitrogen and oxygen atoms in total. The van der Waals surface area contributed by atoms with Crippen molar-refractivity contribution in [3.8, 4) is 0 Å². The molecule has 0 aliphatic heterocycles. The lowest BCUT2D eigenvalue weighted by Crippen LogP contribution is -2.23. The maximum absolute atomic E-state index is 11.8. The average Bonchev–Trinajstić information content (AvgIpc) is 2.26. The van der Waals surface area contributed by atoms with Crippen LogP contribution in [0.3, 0.4) is 0 Å². The largest absolute Gasteiger partial charge is 0.370 e. The van der Waals surface area contributed by atoms with E-state index in [1.807, 2.05) is 0 Å². The first-order valence-electron chi connectivity index (χ1n) is 4.85. The number of rotatable bonds is 5. The zero-order chi connectivity index (χ0) is 12.0. The molecule has 0 aromatic heterocycles. The van der Waals surface area contributed by atoms with E-state index in [1.165, 1.54) is 0 Å². The van der Waals surface area contributed by atoms with Crippen molar-refractivity contribution in [2.24, 2.45) is 16.5 Å². The fraction of sp³-hybridized carbons (Fsp3) is 0.300. The lowest BCUT2D eigenvalue weighted by molar-refractivity contribution is 0.593. The number of hydrogen-bond donors (Lipinski definition) is 2. The predicted octanol–water partition coefficient (Wildman–Crippen LogP) is 0.124. The molecule has 88 valence electrons. The first kappa shape index (κ1) is 12.5. The van der Waals surface area contributed by atoms with Gasteiger partial charge in [-0.3, -0.25) is 4.99 Å². The molecule has 0 unspecified atom stereocenters. The van der Waals surface area contributed by atoms with Crippen LogP contribution in [0.1, 0.15) is 6.42 Å². The monoisotopic (exact) mass is 241 g/mol. The van der Waals surface area contributed by atoms with Gasteiger partial charge < -0.3 is 11.5 Å². The molecule has 1 rings (SSSR count). The van der Waals surface area contributed by atoms with E-state index in [0.717, 1.165) is 0 Å². The summed E-state index contributed by atoms with van der Waals surface area (Å²) in [5.74, 6) is 0.0328. The molecule has 0 fully saturated rings. The molecule has 0 radical (unpaired) electrons. The van der Waals surface area contributed by atoms with Gasteiger partial charge in [-0.2, -0.15) is 0 Å². The zero-order valence-corrected chi connectivity index (χ0v) is 9.65. The number of sulfone groups is 1. The molecular formula is C10H15N3O2S. The highest BCUT2D eigenvalue weighted by atomic mass is 32.2. The van der Waals surface area contributed by atoms with Crippen molar-refractivity contribution in [2.45, 2.75) is 11.3 Å². The van der Waals surface area contributed by atoms with E-state index < -0.39 is 9.84 Å². The third-order valence-electron chi connectivity index (χ3n) is 1.97. The molecule has 0 atom stereocenters. The first-order valence-corrected chi connectivity index (χ1v) is 6.51. The molecule has 1 aromatic rings. The van der Waals surface area contributed by atoms with Gasteiger partial charge in [0.1, 0.15) is 0 Å². The lowest BCUT2D eigenvalue weighted by Gasteiger charge is -2.02. The van der Waals surface area contributed by atoms with Gasteiger partial charge in [0.25, 0.3) is 0 Å². The smallest absolute Gasteiger partial charge is 0.185 e. The number of nitrogens with two attached hydrogens (primary N) is 2. The Kier molecular flexibility index (Phi) is 4.30. The molecule has 0 bridgehead atoms. The molecule has 1 aromatic carbocycles. The number of nitrogens with zero attached hydrogens (tertiary/aromatic N) is 1. The van der Waals surface area contributed by atoms with E-state index in [4.69, 9.17) is 11.5 Å². The van der Waals surface area contributed by atoms with Gasteiger partial charge in [-0.25, -0.2) is 8.42 Å². The highest BCUT2D eigenvalue weighted by Gasteiger charge is 2.12. The summed E-state index contributed by atoms with van der Waals surface area (Å²) in [4.78, 5) is 4.06. The Morgan fingerprint density at radius 2 is 1.81 bits per heavy atom. The number of hydrogen-bond acceptors (Lipinski definition) is 3. The van der Waals surface area contributed by atoms with Crippen LogP contribution in [-0.4, -0.2) is 26.7 Å². The highest BCUT2D eigenvalue weighted by Crippen LogP contribution is 2.10. The Labute approximate surface area is 95.1 Å². The highest BCUT2D eigenvalue weighted by molar-refractivity contribution is 7.91. The van der Waals surface area contributed by atoms with Crippen molar-refractivity contribution in [2.75, 3.05) is 12.3 Å². The third kappa shape index (κ3) is 3.90. The quantitative estimate of drug-likeness (QED) is 0.434. The van der Waals surface area contributed by atoms with E-state index in [1.54, 1.807) is 30.3 Å². The number of guanidine groups is 1. The van der Waals surface area contributed by atoms with Crippen molar-refractivity contribution >= 4 is 15.8 Å². The normalized spacial score (nSPS) is 11.0. The van der Waals surface area contributed by atoms with Crippen molar-refractivity contribution in [1.82, 2.24) is 0 Å². The Morgan fingerprint density at radius 3 is 2.38 bits per heavy atom. The second-order valence-corrected chi connectivity index (χ2v) is 5.40. The van der Waals surface area contributed by atoms with Crippen molar-refractivity contribution < 1.29 is 8.42 Å². The Balaban J connectivity index is 2.57. The zero-order valence-electron chi connectivity index (χ0n) is 8.83. The van der Waals surface area contributed by atoms with Gasteiger partial charge >= 0.3 is 0 Å². The third-order valence-corrected chi connectivity index (χ3v) is 3.78. The van der Waals surface area contributed by atoms with Crippen LogP contribution in [0.25, 0.3) is 0 Å². The average molecular weight is 241 g/mol. The second kappa shape index (κ2) is 5.50. The minimum absolute atomic E-state index is 0.0166. The molecular weight excluding hydrogens is 226 g/mol. The first-order chi connectivity index (χ1) is 7.52. The van der Waals surface area contributed by atoms with Gasteiger partial charge in [-0.15, -0.1) is 0 Å². The molecule has 0 heterocycles. The van der Waals surface area contributed by atoms with Gasteiger partial charge in [0.15, 0.2) is 15.8 Å². The van der Waals surface area contributed by atoms with Crippen molar-refractivity contribution in [1.29, 1.82) is 0 Å². The van der Waals surface area contributed by atoms with E-state index in [9.17, 15) is 8.42 Å². The van der Waals surface area contributed by atoms with Gasteiger partial charge in [0.05, 0.1) is 10.6 Å². The summed E-state index contributed by atoms with van der Waals surface area (Å²) in [6.07, 6.45) is 0.412. The van der Waals surface area contributed by atoms with E-state index in [-0.39, 0.29) is 11.7 Å². The Morgan fingerprint density at radius 1 is 1.19 bits per heavy atom. The summed E-state index contributed by atoms with van der Waals surface area (Å²) in [7, 11) is -3.21. The lowest BCUT2D eigenvalue weighted by atomic mass is 10.4.